The van der Waals surface area contributed by atoms with Crippen LogP contribution in [0.5, 0.6) is 0 Å². The summed E-state index contributed by atoms with van der Waals surface area (Å²) in [6.07, 6.45) is 1.04. The number of carbonyl (C=O) groups is 1. The number of benzene rings is 2. The van der Waals surface area contributed by atoms with Crippen LogP contribution >= 0.6 is 11.3 Å². The molecule has 0 saturated carbocycles. The second kappa shape index (κ2) is 8.80. The highest BCUT2D eigenvalue weighted by molar-refractivity contribution is 7.12. The Labute approximate surface area is 176 Å². The van der Waals surface area contributed by atoms with E-state index in [0.29, 0.717) is 6.54 Å². The number of amides is 1. The second-order valence-electron chi connectivity index (χ2n) is 7.68. The Morgan fingerprint density at radius 3 is 2.52 bits per heavy atom. The van der Waals surface area contributed by atoms with Gasteiger partial charge in [-0.1, -0.05) is 42.5 Å². The summed E-state index contributed by atoms with van der Waals surface area (Å²) in [6.45, 7) is 2.50. The van der Waals surface area contributed by atoms with Crippen LogP contribution in [0.1, 0.15) is 32.4 Å². The molecule has 4 nitrogen and oxygen atoms in total. The molecule has 0 fully saturated rings. The summed E-state index contributed by atoms with van der Waals surface area (Å²) in [5, 5.41) is 5.10. The fourth-order valence-corrected chi connectivity index (χ4v) is 4.56. The average molecular weight is 406 g/mol. The van der Waals surface area contributed by atoms with Crippen molar-refractivity contribution in [3.8, 4) is 0 Å². The first kappa shape index (κ1) is 19.7. The summed E-state index contributed by atoms with van der Waals surface area (Å²) in [5.74, 6) is 0.00678. The Morgan fingerprint density at radius 1 is 1.07 bits per heavy atom. The Hall–Kier alpha value is -2.63. The van der Waals surface area contributed by atoms with Gasteiger partial charge in [-0.2, -0.15) is 0 Å². The molecular formula is C24H27N3OS. The van der Waals surface area contributed by atoms with Crippen LogP contribution in [0, 0.1) is 0 Å². The van der Waals surface area contributed by atoms with Crippen molar-refractivity contribution < 1.29 is 4.79 Å². The molecule has 0 spiro atoms. The Balaban J connectivity index is 1.56. The summed E-state index contributed by atoms with van der Waals surface area (Å²) >= 11 is 1.48. The van der Waals surface area contributed by atoms with Crippen molar-refractivity contribution in [2.24, 2.45) is 0 Å². The number of anilines is 1. The summed E-state index contributed by atoms with van der Waals surface area (Å²) < 4.78 is 0. The molecule has 0 radical (unpaired) electrons. The van der Waals surface area contributed by atoms with E-state index in [9.17, 15) is 4.79 Å². The number of hydrogen-bond donors (Lipinski definition) is 1. The van der Waals surface area contributed by atoms with E-state index in [4.69, 9.17) is 0 Å². The molecule has 2 aromatic carbocycles. The van der Waals surface area contributed by atoms with E-state index < -0.39 is 0 Å². The normalized spacial score (nSPS) is 14.8. The molecule has 2 heterocycles. The van der Waals surface area contributed by atoms with E-state index in [1.54, 1.807) is 0 Å². The van der Waals surface area contributed by atoms with E-state index >= 15 is 0 Å². The number of thiophene rings is 1. The molecule has 29 heavy (non-hydrogen) atoms. The van der Waals surface area contributed by atoms with Crippen LogP contribution in [0.25, 0.3) is 0 Å². The molecular weight excluding hydrogens is 378 g/mol. The van der Waals surface area contributed by atoms with Gasteiger partial charge in [0.1, 0.15) is 0 Å². The number of hydrogen-bond acceptors (Lipinski definition) is 4. The molecule has 1 aliphatic rings. The lowest BCUT2D eigenvalue weighted by atomic mass is 9.96. The standard InChI is InChI=1S/C24H27N3OS/c1-26(2)21-11-9-19(10-12-21)22(16-25-24(28)23-8-5-15-29-23)27-14-13-18-6-3-4-7-20(18)17-27/h3-12,15,22H,13-14,16-17H2,1-2H3,(H,25,28). The third kappa shape index (κ3) is 4.52. The van der Waals surface area contributed by atoms with Gasteiger partial charge in [0.15, 0.2) is 0 Å². The van der Waals surface area contributed by atoms with Gasteiger partial charge in [-0.3, -0.25) is 9.69 Å². The number of rotatable bonds is 6. The van der Waals surface area contributed by atoms with Gasteiger partial charge in [-0.25, -0.2) is 0 Å². The average Bonchev–Trinajstić information content (AvgIpc) is 3.29. The maximum absolute atomic E-state index is 12.5. The van der Waals surface area contributed by atoms with E-state index in [2.05, 4.69) is 77.7 Å². The molecule has 150 valence electrons. The molecule has 1 amide bonds. The quantitative estimate of drug-likeness (QED) is 0.663. The molecule has 1 aliphatic heterocycles. The van der Waals surface area contributed by atoms with Crippen LogP contribution in [0.15, 0.2) is 66.0 Å². The van der Waals surface area contributed by atoms with E-state index in [1.165, 1.54) is 33.7 Å². The van der Waals surface area contributed by atoms with Crippen molar-refractivity contribution in [2.75, 3.05) is 32.1 Å². The van der Waals surface area contributed by atoms with Crippen LogP contribution in [0.3, 0.4) is 0 Å². The van der Waals surface area contributed by atoms with Gasteiger partial charge in [-0.15, -0.1) is 11.3 Å². The minimum atomic E-state index is 0.00678. The lowest BCUT2D eigenvalue weighted by Crippen LogP contribution is -2.40. The van der Waals surface area contributed by atoms with E-state index in [1.807, 2.05) is 17.5 Å². The summed E-state index contributed by atoms with van der Waals surface area (Å²) in [5.41, 5.74) is 5.24. The zero-order chi connectivity index (χ0) is 20.2. The fraction of sp³-hybridized carbons (Fsp3) is 0.292. The summed E-state index contributed by atoms with van der Waals surface area (Å²) in [6, 6.07) is 21.3. The number of nitrogens with zero attached hydrogens (tertiary/aromatic N) is 2. The van der Waals surface area contributed by atoms with Crippen molar-refractivity contribution in [3.63, 3.8) is 0 Å². The Morgan fingerprint density at radius 2 is 1.83 bits per heavy atom. The minimum absolute atomic E-state index is 0.00678. The highest BCUT2D eigenvalue weighted by Crippen LogP contribution is 2.29. The van der Waals surface area contributed by atoms with Crippen LogP contribution in [0.2, 0.25) is 0 Å². The van der Waals surface area contributed by atoms with Gasteiger partial charge in [0.2, 0.25) is 0 Å². The highest BCUT2D eigenvalue weighted by atomic mass is 32.1. The van der Waals surface area contributed by atoms with Crippen molar-refractivity contribution in [2.45, 2.75) is 19.0 Å². The van der Waals surface area contributed by atoms with E-state index in [0.717, 1.165) is 24.4 Å². The molecule has 1 unspecified atom stereocenters. The van der Waals surface area contributed by atoms with Gasteiger partial charge >= 0.3 is 0 Å². The van der Waals surface area contributed by atoms with Crippen LogP contribution in [-0.4, -0.2) is 38.0 Å². The predicted octanol–water partition coefficient (Wildman–Crippen LogP) is 4.34. The monoisotopic (exact) mass is 405 g/mol. The molecule has 5 heteroatoms. The Kier molecular flexibility index (Phi) is 5.97. The van der Waals surface area contributed by atoms with Gasteiger partial charge in [0.25, 0.3) is 5.91 Å². The number of nitrogens with one attached hydrogen (secondary N) is 1. The van der Waals surface area contributed by atoms with Crippen molar-refractivity contribution in [1.82, 2.24) is 10.2 Å². The van der Waals surface area contributed by atoms with Gasteiger partial charge in [-0.05, 0) is 46.7 Å². The predicted molar refractivity (Wildman–Crippen MR) is 121 cm³/mol. The van der Waals surface area contributed by atoms with Crippen LogP contribution in [-0.2, 0) is 13.0 Å². The molecule has 0 bridgehead atoms. The fourth-order valence-electron chi connectivity index (χ4n) is 3.92. The molecule has 0 saturated heterocycles. The molecule has 1 atom stereocenters. The van der Waals surface area contributed by atoms with Gasteiger partial charge in [0, 0.05) is 39.4 Å². The summed E-state index contributed by atoms with van der Waals surface area (Å²) in [7, 11) is 4.10. The maximum atomic E-state index is 12.5. The van der Waals surface area contributed by atoms with Crippen molar-refractivity contribution in [1.29, 1.82) is 0 Å². The molecule has 0 aliphatic carbocycles. The molecule has 4 rings (SSSR count). The van der Waals surface area contributed by atoms with Gasteiger partial charge in [0.05, 0.1) is 10.9 Å². The largest absolute Gasteiger partial charge is 0.378 e. The van der Waals surface area contributed by atoms with Crippen LogP contribution < -0.4 is 10.2 Å². The number of fused-ring (bicyclic) bond motifs is 1. The maximum Gasteiger partial charge on any atom is 0.261 e. The van der Waals surface area contributed by atoms with Crippen molar-refractivity contribution >= 4 is 22.9 Å². The molecule has 3 aromatic rings. The first-order valence-electron chi connectivity index (χ1n) is 10.0. The van der Waals surface area contributed by atoms with Crippen molar-refractivity contribution in [3.05, 3.63) is 87.6 Å². The Bertz CT molecular complexity index is 951. The smallest absolute Gasteiger partial charge is 0.261 e. The van der Waals surface area contributed by atoms with E-state index in [-0.39, 0.29) is 11.9 Å². The second-order valence-corrected chi connectivity index (χ2v) is 8.63. The molecule has 1 N–H and O–H groups in total. The summed E-state index contributed by atoms with van der Waals surface area (Å²) in [4.78, 5) is 17.9. The first-order chi connectivity index (χ1) is 14.1. The first-order valence-corrected chi connectivity index (χ1v) is 10.9. The SMILES string of the molecule is CN(C)c1ccc(C(CNC(=O)c2cccs2)N2CCc3ccccc3C2)cc1. The molecule has 1 aromatic heterocycles. The lowest BCUT2D eigenvalue weighted by molar-refractivity contribution is 0.0932. The number of carbonyl (C=O) groups excluding carboxylic acids is 1. The highest BCUT2D eigenvalue weighted by Gasteiger charge is 2.25. The topological polar surface area (TPSA) is 35.6 Å². The van der Waals surface area contributed by atoms with Crippen LogP contribution in [0.4, 0.5) is 5.69 Å². The zero-order valence-electron chi connectivity index (χ0n) is 17.0. The lowest BCUT2D eigenvalue weighted by Gasteiger charge is -2.36. The third-order valence-electron chi connectivity index (χ3n) is 5.60. The minimum Gasteiger partial charge on any atom is -0.378 e. The third-order valence-corrected chi connectivity index (χ3v) is 6.46. The van der Waals surface area contributed by atoms with Gasteiger partial charge < -0.3 is 10.2 Å². The zero-order valence-corrected chi connectivity index (χ0v) is 17.8.